The molecule has 0 aliphatic carbocycles. The van der Waals surface area contributed by atoms with E-state index in [0.29, 0.717) is 0 Å². The average molecular weight is 213 g/mol. The first-order valence-electron chi connectivity index (χ1n) is 3.38. The first kappa shape index (κ1) is 12.4. The van der Waals surface area contributed by atoms with Crippen molar-refractivity contribution in [2.45, 2.75) is 12.4 Å². The standard InChI is InChI=1S/C7H10F3NOS/c1-2-6(3-5(11)4-12)13-7(8,9)10/h2-3,12H,4,11H2,1H3/b5-3+,6-2+. The second-order valence-electron chi connectivity index (χ2n) is 2.12. The number of aliphatic hydroxyl groups is 1. The van der Waals surface area contributed by atoms with E-state index in [1.807, 2.05) is 0 Å². The smallest absolute Gasteiger partial charge is 0.400 e. The van der Waals surface area contributed by atoms with Crippen molar-refractivity contribution in [2.75, 3.05) is 6.61 Å². The van der Waals surface area contributed by atoms with Gasteiger partial charge in [0.1, 0.15) is 0 Å². The van der Waals surface area contributed by atoms with Gasteiger partial charge in [-0.2, -0.15) is 13.2 Å². The molecule has 0 radical (unpaired) electrons. The molecule has 3 N–H and O–H groups in total. The third kappa shape index (κ3) is 6.53. The molecule has 76 valence electrons. The fraction of sp³-hybridized carbons (Fsp3) is 0.429. The van der Waals surface area contributed by atoms with Gasteiger partial charge in [0.05, 0.1) is 6.61 Å². The summed E-state index contributed by atoms with van der Waals surface area (Å²) in [5.41, 5.74) is 0.837. The average Bonchev–Trinajstić information content (AvgIpc) is 2.00. The molecule has 0 saturated carbocycles. The minimum atomic E-state index is -4.33. The molecule has 0 unspecified atom stereocenters. The summed E-state index contributed by atoms with van der Waals surface area (Å²) in [6.45, 7) is 1.02. The number of rotatable bonds is 3. The van der Waals surface area contributed by atoms with Crippen molar-refractivity contribution in [1.29, 1.82) is 0 Å². The molecule has 0 spiro atoms. The van der Waals surface area contributed by atoms with E-state index in [1.165, 1.54) is 13.0 Å². The summed E-state index contributed by atoms with van der Waals surface area (Å²) < 4.78 is 35.5. The van der Waals surface area contributed by atoms with E-state index in [-0.39, 0.29) is 22.4 Å². The maximum absolute atomic E-state index is 11.8. The Labute approximate surface area is 78.3 Å². The van der Waals surface area contributed by atoms with Gasteiger partial charge in [0.25, 0.3) is 0 Å². The van der Waals surface area contributed by atoms with E-state index in [0.717, 1.165) is 6.08 Å². The van der Waals surface area contributed by atoms with E-state index in [4.69, 9.17) is 10.8 Å². The van der Waals surface area contributed by atoms with Gasteiger partial charge < -0.3 is 10.8 Å². The summed E-state index contributed by atoms with van der Waals surface area (Å²) in [7, 11) is 0. The molecule has 13 heavy (non-hydrogen) atoms. The van der Waals surface area contributed by atoms with Crippen molar-refractivity contribution in [3.05, 3.63) is 22.8 Å². The van der Waals surface area contributed by atoms with E-state index in [2.05, 4.69) is 0 Å². The maximum Gasteiger partial charge on any atom is 0.446 e. The molecule has 0 rings (SSSR count). The minimum absolute atomic E-state index is 0.00449. The van der Waals surface area contributed by atoms with Gasteiger partial charge in [0, 0.05) is 10.6 Å². The maximum atomic E-state index is 11.8. The molecule has 6 heteroatoms. The number of hydrogen-bond donors (Lipinski definition) is 2. The van der Waals surface area contributed by atoms with Crippen LogP contribution < -0.4 is 5.73 Å². The molecule has 0 aliphatic heterocycles. The van der Waals surface area contributed by atoms with Gasteiger partial charge in [0.15, 0.2) is 0 Å². The normalized spacial score (nSPS) is 14.8. The molecule has 0 saturated heterocycles. The second-order valence-corrected chi connectivity index (χ2v) is 3.25. The van der Waals surface area contributed by atoms with E-state index in [1.54, 1.807) is 0 Å². The van der Waals surface area contributed by atoms with Crippen LogP contribution >= 0.6 is 11.8 Å². The predicted molar refractivity (Wildman–Crippen MR) is 46.8 cm³/mol. The van der Waals surface area contributed by atoms with Crippen LogP contribution in [0.1, 0.15) is 6.92 Å². The van der Waals surface area contributed by atoms with Crippen molar-refractivity contribution in [2.24, 2.45) is 5.73 Å². The Kier molecular flexibility index (Phi) is 4.94. The SMILES string of the molecule is C/C=C(\C=C(\N)CO)SC(F)(F)F. The molecule has 0 bridgehead atoms. The lowest BCUT2D eigenvalue weighted by Crippen LogP contribution is -2.04. The molecule has 0 atom stereocenters. The molecular formula is C7H10F3NOS. The zero-order valence-electron chi connectivity index (χ0n) is 6.93. The van der Waals surface area contributed by atoms with Crippen molar-refractivity contribution in [3.63, 3.8) is 0 Å². The van der Waals surface area contributed by atoms with E-state index >= 15 is 0 Å². The summed E-state index contributed by atoms with van der Waals surface area (Å²) in [5, 5.41) is 8.47. The molecule has 2 nitrogen and oxygen atoms in total. The van der Waals surface area contributed by atoms with Crippen LogP contribution in [0.2, 0.25) is 0 Å². The fourth-order valence-corrected chi connectivity index (χ4v) is 1.13. The van der Waals surface area contributed by atoms with Crippen LogP contribution in [0.3, 0.4) is 0 Å². The molecule has 0 aliphatic rings. The quantitative estimate of drug-likeness (QED) is 0.704. The third-order valence-electron chi connectivity index (χ3n) is 1.03. The summed E-state index contributed by atoms with van der Waals surface area (Å²) in [6.07, 6.45) is 2.37. The van der Waals surface area contributed by atoms with Crippen molar-refractivity contribution in [1.82, 2.24) is 0 Å². The van der Waals surface area contributed by atoms with Crippen LogP contribution in [0.15, 0.2) is 22.8 Å². The number of aliphatic hydroxyl groups excluding tert-OH is 1. The molecular weight excluding hydrogens is 203 g/mol. The number of allylic oxidation sites excluding steroid dienone is 2. The number of nitrogens with two attached hydrogens (primary N) is 1. The molecule has 0 aromatic rings. The van der Waals surface area contributed by atoms with Crippen LogP contribution in [-0.4, -0.2) is 17.2 Å². The number of thioether (sulfide) groups is 1. The topological polar surface area (TPSA) is 46.2 Å². The Balaban J connectivity index is 4.40. The molecule has 0 fully saturated rings. The Morgan fingerprint density at radius 1 is 1.54 bits per heavy atom. The van der Waals surface area contributed by atoms with Gasteiger partial charge in [-0.1, -0.05) is 6.08 Å². The Morgan fingerprint density at radius 3 is 2.38 bits per heavy atom. The highest BCUT2D eigenvalue weighted by Crippen LogP contribution is 2.36. The van der Waals surface area contributed by atoms with E-state index < -0.39 is 12.1 Å². The van der Waals surface area contributed by atoms with Gasteiger partial charge in [0.2, 0.25) is 0 Å². The van der Waals surface area contributed by atoms with Crippen LogP contribution in [0.5, 0.6) is 0 Å². The van der Waals surface area contributed by atoms with E-state index in [9.17, 15) is 13.2 Å². The molecule has 0 amide bonds. The monoisotopic (exact) mass is 213 g/mol. The first-order valence-corrected chi connectivity index (χ1v) is 4.19. The number of alkyl halides is 3. The third-order valence-corrected chi connectivity index (χ3v) is 1.85. The van der Waals surface area contributed by atoms with Gasteiger partial charge in [-0.15, -0.1) is 0 Å². The fourth-order valence-electron chi connectivity index (χ4n) is 0.534. The Morgan fingerprint density at radius 2 is 2.08 bits per heavy atom. The molecule has 0 aromatic carbocycles. The Hall–Kier alpha value is -0.620. The molecule has 0 aromatic heterocycles. The second kappa shape index (κ2) is 5.18. The number of hydrogen-bond acceptors (Lipinski definition) is 3. The minimum Gasteiger partial charge on any atom is -0.400 e. The van der Waals surface area contributed by atoms with Crippen LogP contribution in [0.25, 0.3) is 0 Å². The van der Waals surface area contributed by atoms with Crippen molar-refractivity contribution in [3.8, 4) is 0 Å². The Bertz CT molecular complexity index is 222. The van der Waals surface area contributed by atoms with Gasteiger partial charge >= 0.3 is 5.51 Å². The van der Waals surface area contributed by atoms with Crippen molar-refractivity contribution < 1.29 is 18.3 Å². The highest BCUT2D eigenvalue weighted by Gasteiger charge is 2.29. The zero-order valence-corrected chi connectivity index (χ0v) is 7.75. The largest absolute Gasteiger partial charge is 0.446 e. The zero-order chi connectivity index (χ0) is 10.5. The summed E-state index contributed by atoms with van der Waals surface area (Å²) in [5.74, 6) is 0. The van der Waals surface area contributed by atoms with Gasteiger partial charge in [-0.3, -0.25) is 0 Å². The van der Waals surface area contributed by atoms with Crippen LogP contribution in [-0.2, 0) is 0 Å². The highest BCUT2D eigenvalue weighted by atomic mass is 32.2. The lowest BCUT2D eigenvalue weighted by Gasteiger charge is -2.06. The predicted octanol–water partition coefficient (Wildman–Crippen LogP) is 1.98. The van der Waals surface area contributed by atoms with Gasteiger partial charge in [-0.05, 0) is 24.8 Å². The van der Waals surface area contributed by atoms with Crippen molar-refractivity contribution >= 4 is 11.8 Å². The lowest BCUT2D eigenvalue weighted by atomic mass is 10.4. The molecule has 0 heterocycles. The van der Waals surface area contributed by atoms with Crippen LogP contribution in [0, 0.1) is 0 Å². The van der Waals surface area contributed by atoms with Gasteiger partial charge in [-0.25, -0.2) is 0 Å². The summed E-state index contributed by atoms with van der Waals surface area (Å²) in [4.78, 5) is -0.0287. The lowest BCUT2D eigenvalue weighted by molar-refractivity contribution is -0.0321. The summed E-state index contributed by atoms with van der Waals surface area (Å²) >= 11 is -0.261. The highest BCUT2D eigenvalue weighted by molar-refractivity contribution is 8.04. The summed E-state index contributed by atoms with van der Waals surface area (Å²) in [6, 6.07) is 0. The first-order chi connectivity index (χ1) is 5.89. The number of halogens is 3. The van der Waals surface area contributed by atoms with Crippen LogP contribution in [0.4, 0.5) is 13.2 Å².